The maximum atomic E-state index is 10.9. The van der Waals surface area contributed by atoms with Crippen LogP contribution in [0.5, 0.6) is 0 Å². The number of anilines is 1. The summed E-state index contributed by atoms with van der Waals surface area (Å²) in [7, 11) is 0. The lowest BCUT2D eigenvalue weighted by atomic mass is 10.3. The highest BCUT2D eigenvalue weighted by Crippen LogP contribution is 2.23. The number of nitro groups is 1. The second-order valence-electron chi connectivity index (χ2n) is 4.69. The molecule has 1 N–H and O–H groups in total. The summed E-state index contributed by atoms with van der Waals surface area (Å²) in [5.74, 6) is 0.195. The Bertz CT molecular complexity index is 656. The van der Waals surface area contributed by atoms with Gasteiger partial charge in [-0.15, -0.1) is 0 Å². The molecule has 0 aliphatic heterocycles. The number of pyridine rings is 1. The summed E-state index contributed by atoms with van der Waals surface area (Å²) in [5.41, 5.74) is 2.00. The van der Waals surface area contributed by atoms with E-state index in [1.54, 1.807) is 0 Å². The van der Waals surface area contributed by atoms with Gasteiger partial charge in [0.1, 0.15) is 5.15 Å². The number of hydrogen-bond acceptors (Lipinski definition) is 5. The van der Waals surface area contributed by atoms with E-state index in [9.17, 15) is 10.1 Å². The minimum atomic E-state index is -0.479. The Hall–Kier alpha value is -2.15. The van der Waals surface area contributed by atoms with Gasteiger partial charge in [0.05, 0.1) is 10.6 Å². The Morgan fingerprint density at radius 1 is 1.43 bits per heavy atom. The first kappa shape index (κ1) is 15.2. The second kappa shape index (κ2) is 6.53. The summed E-state index contributed by atoms with van der Waals surface area (Å²) >= 11 is 5.77. The van der Waals surface area contributed by atoms with E-state index >= 15 is 0 Å². The van der Waals surface area contributed by atoms with E-state index in [0.29, 0.717) is 6.54 Å². The van der Waals surface area contributed by atoms with Crippen LogP contribution in [0.4, 0.5) is 11.5 Å². The quantitative estimate of drug-likeness (QED) is 0.384. The molecule has 2 rings (SSSR count). The third-order valence-electron chi connectivity index (χ3n) is 2.98. The molecule has 0 spiro atoms. The van der Waals surface area contributed by atoms with Crippen molar-refractivity contribution in [2.45, 2.75) is 26.8 Å². The molecule has 21 heavy (non-hydrogen) atoms. The molecule has 7 nitrogen and oxygen atoms in total. The molecular formula is C13H16ClN5O2. The summed E-state index contributed by atoms with van der Waals surface area (Å²) in [6.07, 6.45) is 0.771. The van der Waals surface area contributed by atoms with Crippen LogP contribution in [0.25, 0.3) is 0 Å². The Kier molecular flexibility index (Phi) is 4.74. The molecule has 2 heterocycles. The molecule has 0 bridgehead atoms. The van der Waals surface area contributed by atoms with Crippen molar-refractivity contribution in [2.24, 2.45) is 0 Å². The summed E-state index contributed by atoms with van der Waals surface area (Å²) in [6.45, 7) is 5.23. The molecule has 0 aromatic carbocycles. The van der Waals surface area contributed by atoms with Gasteiger partial charge in [-0.3, -0.25) is 14.8 Å². The van der Waals surface area contributed by atoms with E-state index in [1.165, 1.54) is 12.1 Å². The van der Waals surface area contributed by atoms with Crippen molar-refractivity contribution in [1.82, 2.24) is 14.8 Å². The predicted molar refractivity (Wildman–Crippen MR) is 80.7 cm³/mol. The molecule has 2 aromatic rings. The fraction of sp³-hybridized carbons (Fsp3) is 0.385. The lowest BCUT2D eigenvalue weighted by Crippen LogP contribution is -2.10. The average Bonchev–Trinajstić information content (AvgIpc) is 2.73. The van der Waals surface area contributed by atoms with Crippen molar-refractivity contribution in [3.63, 3.8) is 0 Å². The summed E-state index contributed by atoms with van der Waals surface area (Å²) < 4.78 is 1.91. The summed E-state index contributed by atoms with van der Waals surface area (Å²) in [5, 5.41) is 18.4. The van der Waals surface area contributed by atoms with Crippen molar-refractivity contribution in [2.75, 3.05) is 11.9 Å². The minimum Gasteiger partial charge on any atom is -0.364 e. The highest BCUT2D eigenvalue weighted by Gasteiger charge is 2.15. The van der Waals surface area contributed by atoms with E-state index in [1.807, 2.05) is 24.6 Å². The molecule has 0 radical (unpaired) electrons. The van der Waals surface area contributed by atoms with Gasteiger partial charge in [-0.05, 0) is 32.4 Å². The summed E-state index contributed by atoms with van der Waals surface area (Å²) in [6, 6.07) is 4.76. The molecule has 0 aliphatic rings. The largest absolute Gasteiger partial charge is 0.364 e. The van der Waals surface area contributed by atoms with Crippen molar-refractivity contribution >= 4 is 23.1 Å². The molecule has 0 atom stereocenters. The molecule has 0 aliphatic carbocycles. The maximum Gasteiger partial charge on any atom is 0.311 e. The van der Waals surface area contributed by atoms with Gasteiger partial charge in [-0.25, -0.2) is 4.98 Å². The van der Waals surface area contributed by atoms with Crippen LogP contribution >= 0.6 is 11.6 Å². The normalized spacial score (nSPS) is 10.6. The fourth-order valence-corrected chi connectivity index (χ4v) is 2.19. The molecule has 0 saturated carbocycles. The van der Waals surface area contributed by atoms with Gasteiger partial charge in [0, 0.05) is 24.8 Å². The first-order valence-electron chi connectivity index (χ1n) is 6.53. The molecule has 112 valence electrons. The number of nitrogens with one attached hydrogen (secondary N) is 1. The number of aryl methyl sites for hydroxylation is 3. The first-order valence-corrected chi connectivity index (χ1v) is 6.91. The van der Waals surface area contributed by atoms with Crippen LogP contribution < -0.4 is 5.32 Å². The van der Waals surface area contributed by atoms with Crippen molar-refractivity contribution in [3.8, 4) is 0 Å². The van der Waals surface area contributed by atoms with Gasteiger partial charge < -0.3 is 5.32 Å². The zero-order chi connectivity index (χ0) is 15.4. The van der Waals surface area contributed by atoms with Gasteiger partial charge in [0.15, 0.2) is 0 Å². The highest BCUT2D eigenvalue weighted by molar-refractivity contribution is 6.29. The van der Waals surface area contributed by atoms with Crippen molar-refractivity contribution in [3.05, 3.63) is 44.9 Å². The zero-order valence-corrected chi connectivity index (χ0v) is 12.6. The molecule has 0 saturated heterocycles. The van der Waals surface area contributed by atoms with Crippen LogP contribution in [0.2, 0.25) is 5.15 Å². The minimum absolute atomic E-state index is 0.0782. The maximum absolute atomic E-state index is 10.9. The van der Waals surface area contributed by atoms with Gasteiger partial charge in [0.25, 0.3) is 0 Å². The van der Waals surface area contributed by atoms with Gasteiger partial charge >= 0.3 is 5.69 Å². The molecule has 0 unspecified atom stereocenters. The average molecular weight is 310 g/mol. The van der Waals surface area contributed by atoms with Gasteiger partial charge in [-0.1, -0.05) is 11.6 Å². The number of rotatable bonds is 6. The zero-order valence-electron chi connectivity index (χ0n) is 11.8. The number of aromatic nitrogens is 3. The monoisotopic (exact) mass is 309 g/mol. The van der Waals surface area contributed by atoms with E-state index in [4.69, 9.17) is 11.6 Å². The van der Waals surface area contributed by atoms with E-state index < -0.39 is 4.92 Å². The molecule has 0 fully saturated rings. The predicted octanol–water partition coefficient (Wildman–Crippen LogP) is 2.96. The molecular weight excluding hydrogens is 294 g/mol. The van der Waals surface area contributed by atoms with Crippen LogP contribution in [-0.2, 0) is 6.54 Å². The van der Waals surface area contributed by atoms with Crippen molar-refractivity contribution < 1.29 is 4.92 Å². The topological polar surface area (TPSA) is 85.9 Å². The number of hydrogen-bond donors (Lipinski definition) is 1. The standard InChI is InChI=1S/C13H16ClN5O2/c1-9-8-10(2)18(17-9)7-3-6-15-13-11(19(20)21)4-5-12(14)16-13/h4-5,8H,3,6-7H2,1-2H3,(H,15,16). The second-order valence-corrected chi connectivity index (χ2v) is 5.08. The van der Waals surface area contributed by atoms with E-state index in [-0.39, 0.29) is 16.7 Å². The van der Waals surface area contributed by atoms with Crippen LogP contribution in [0, 0.1) is 24.0 Å². The Morgan fingerprint density at radius 3 is 2.81 bits per heavy atom. The van der Waals surface area contributed by atoms with Gasteiger partial charge in [0.2, 0.25) is 5.82 Å². The summed E-state index contributed by atoms with van der Waals surface area (Å²) in [4.78, 5) is 14.4. The molecule has 8 heteroatoms. The number of halogens is 1. The van der Waals surface area contributed by atoms with Gasteiger partial charge in [-0.2, -0.15) is 5.10 Å². The van der Waals surface area contributed by atoms with Crippen LogP contribution in [0.1, 0.15) is 17.8 Å². The smallest absolute Gasteiger partial charge is 0.311 e. The van der Waals surface area contributed by atoms with E-state index in [0.717, 1.165) is 24.4 Å². The Morgan fingerprint density at radius 2 is 2.19 bits per heavy atom. The lowest BCUT2D eigenvalue weighted by molar-refractivity contribution is -0.384. The van der Waals surface area contributed by atoms with Crippen molar-refractivity contribution in [1.29, 1.82) is 0 Å². The SMILES string of the molecule is Cc1cc(C)n(CCCNc2nc(Cl)ccc2[N+](=O)[O-])n1. The first-order chi connectivity index (χ1) is 9.97. The lowest BCUT2D eigenvalue weighted by Gasteiger charge is -2.07. The fourth-order valence-electron chi connectivity index (χ4n) is 2.04. The molecule has 0 amide bonds. The third-order valence-corrected chi connectivity index (χ3v) is 3.19. The Labute approximate surface area is 127 Å². The van der Waals surface area contributed by atoms with E-state index in [2.05, 4.69) is 15.4 Å². The highest BCUT2D eigenvalue weighted by atomic mass is 35.5. The molecule has 2 aromatic heterocycles. The van der Waals surface area contributed by atoms with Crippen LogP contribution in [0.15, 0.2) is 18.2 Å². The number of nitrogens with zero attached hydrogens (tertiary/aromatic N) is 4. The van der Waals surface area contributed by atoms with Crippen LogP contribution in [0.3, 0.4) is 0 Å². The van der Waals surface area contributed by atoms with Crippen LogP contribution in [-0.4, -0.2) is 26.2 Å². The Balaban J connectivity index is 1.93. The third kappa shape index (κ3) is 3.91.